The number of nitrogens with two attached hydrogens (primary N) is 2. The number of guanidine groups is 2. The van der Waals surface area contributed by atoms with Gasteiger partial charge in [-0.3, -0.25) is 20.3 Å². The Kier molecular flexibility index (Phi) is 6.02. The molecule has 6 rings (SSSR count). The van der Waals surface area contributed by atoms with E-state index >= 15 is 0 Å². The van der Waals surface area contributed by atoms with Crippen LogP contribution in [0.25, 0.3) is 0 Å². The first kappa shape index (κ1) is 25.8. The number of amides is 2. The van der Waals surface area contributed by atoms with Gasteiger partial charge in [-0.15, -0.1) is 0 Å². The number of hydrogen-bond acceptors (Lipinski definition) is 11. The van der Waals surface area contributed by atoms with Crippen molar-refractivity contribution in [3.8, 4) is 5.75 Å². The molecule has 14 heteroatoms. The summed E-state index contributed by atoms with van der Waals surface area (Å²) in [5.74, 6) is 0.185. The zero-order chi connectivity index (χ0) is 28.2. The van der Waals surface area contributed by atoms with Crippen molar-refractivity contribution in [2.24, 2.45) is 16.5 Å². The van der Waals surface area contributed by atoms with E-state index < -0.39 is 35.8 Å². The third kappa shape index (κ3) is 3.97. The summed E-state index contributed by atoms with van der Waals surface area (Å²) in [4.78, 5) is 43.4. The molecule has 5 atom stereocenters. The molecule has 4 aliphatic heterocycles. The molecule has 210 valence electrons. The molecule has 1 saturated heterocycles. The first-order chi connectivity index (χ1) is 19.1. The smallest absolute Gasteiger partial charge is 0.343 e. The van der Waals surface area contributed by atoms with Gasteiger partial charge in [0.1, 0.15) is 29.9 Å². The predicted molar refractivity (Wildman–Crippen MR) is 143 cm³/mol. The van der Waals surface area contributed by atoms with Crippen LogP contribution in [0.1, 0.15) is 46.7 Å². The normalized spacial score (nSPS) is 29.5. The Hall–Kier alpha value is -4.46. The van der Waals surface area contributed by atoms with Gasteiger partial charge >= 0.3 is 5.96 Å². The Morgan fingerprint density at radius 1 is 1.27 bits per heavy atom. The van der Waals surface area contributed by atoms with E-state index in [9.17, 15) is 14.7 Å². The van der Waals surface area contributed by atoms with Crippen molar-refractivity contribution < 1.29 is 24.4 Å². The Labute approximate surface area is 230 Å². The van der Waals surface area contributed by atoms with Crippen molar-refractivity contribution in [3.63, 3.8) is 0 Å². The second-order valence-electron chi connectivity index (χ2n) is 11.1. The molecule has 40 heavy (non-hydrogen) atoms. The van der Waals surface area contributed by atoms with E-state index in [1.54, 1.807) is 11.0 Å². The molecular weight excluding hydrogens is 516 g/mol. The lowest BCUT2D eigenvalue weighted by atomic mass is 9.79. The van der Waals surface area contributed by atoms with Crippen LogP contribution in [0.3, 0.4) is 0 Å². The molecule has 1 aromatic carbocycles. The SMILES string of the molecule is CC1(C)CCOc2c(C(=O)NC3CN4C(N)=N[C@@H](CNC(=O)c5ccncn5)[C@@H]5[NH+]=C(N)NC54[C@@H]3O)cccc21. The van der Waals surface area contributed by atoms with Gasteiger partial charge in [0.15, 0.2) is 12.0 Å². The topological polar surface area (TPSA) is 207 Å². The Balaban J connectivity index is 1.23. The first-order valence-electron chi connectivity index (χ1n) is 13.2. The number of fused-ring (bicyclic) bond motifs is 1. The largest absolute Gasteiger partial charge is 0.492 e. The van der Waals surface area contributed by atoms with E-state index in [1.165, 1.54) is 18.6 Å². The van der Waals surface area contributed by atoms with Crippen LogP contribution in [0.15, 0.2) is 41.8 Å². The van der Waals surface area contributed by atoms with Crippen LogP contribution >= 0.6 is 0 Å². The minimum Gasteiger partial charge on any atom is -0.492 e. The zero-order valence-electron chi connectivity index (χ0n) is 22.2. The fourth-order valence-electron chi connectivity index (χ4n) is 6.20. The van der Waals surface area contributed by atoms with Crippen molar-refractivity contribution in [2.45, 2.75) is 55.6 Å². The van der Waals surface area contributed by atoms with Gasteiger partial charge in [0.05, 0.1) is 18.2 Å². The quantitative estimate of drug-likeness (QED) is 0.196. The van der Waals surface area contributed by atoms with E-state index in [0.717, 1.165) is 12.0 Å². The number of para-hydroxylation sites is 1. The predicted octanol–water partition coefficient (Wildman–Crippen LogP) is -3.50. The second kappa shape index (κ2) is 9.33. The van der Waals surface area contributed by atoms with Crippen molar-refractivity contribution >= 4 is 23.7 Å². The molecule has 0 saturated carbocycles. The van der Waals surface area contributed by atoms with Gasteiger partial charge < -0.3 is 31.1 Å². The highest BCUT2D eigenvalue weighted by Crippen LogP contribution is 2.41. The van der Waals surface area contributed by atoms with Gasteiger partial charge in [0, 0.05) is 24.8 Å². The maximum atomic E-state index is 13.5. The lowest BCUT2D eigenvalue weighted by Gasteiger charge is -2.43. The average molecular weight is 550 g/mol. The summed E-state index contributed by atoms with van der Waals surface area (Å²) in [5, 5.41) is 20.7. The molecule has 5 heterocycles. The van der Waals surface area contributed by atoms with Crippen LogP contribution in [0, 0.1) is 0 Å². The van der Waals surface area contributed by atoms with E-state index in [0.29, 0.717) is 17.9 Å². The number of ether oxygens (including phenoxy) is 1. The minimum absolute atomic E-state index is 0.0960. The number of aliphatic imine (C=N–C) groups is 1. The summed E-state index contributed by atoms with van der Waals surface area (Å²) in [6, 6.07) is 5.17. The van der Waals surface area contributed by atoms with Crippen molar-refractivity contribution in [1.82, 2.24) is 30.8 Å². The van der Waals surface area contributed by atoms with Gasteiger partial charge in [-0.25, -0.2) is 20.3 Å². The lowest BCUT2D eigenvalue weighted by molar-refractivity contribution is -0.513. The molecule has 4 aliphatic rings. The van der Waals surface area contributed by atoms with Gasteiger partial charge in [0.25, 0.3) is 11.8 Å². The van der Waals surface area contributed by atoms with Crippen LogP contribution in [-0.4, -0.2) is 93.3 Å². The summed E-state index contributed by atoms with van der Waals surface area (Å²) < 4.78 is 5.93. The Morgan fingerprint density at radius 3 is 2.88 bits per heavy atom. The monoisotopic (exact) mass is 549 g/mol. The molecule has 14 nitrogen and oxygen atoms in total. The number of rotatable bonds is 5. The molecule has 0 aliphatic carbocycles. The number of carbonyl (C=O) groups excluding carboxylic acids is 2. The maximum Gasteiger partial charge on any atom is 0.343 e. The molecule has 0 radical (unpaired) electrons. The summed E-state index contributed by atoms with van der Waals surface area (Å²) in [6.45, 7) is 5.05. The molecule has 2 amide bonds. The van der Waals surface area contributed by atoms with Crippen LogP contribution in [0.4, 0.5) is 0 Å². The van der Waals surface area contributed by atoms with E-state index in [-0.39, 0.29) is 42.0 Å². The highest BCUT2D eigenvalue weighted by Gasteiger charge is 2.68. The first-order valence-corrected chi connectivity index (χ1v) is 13.2. The van der Waals surface area contributed by atoms with Gasteiger partial charge in [0.2, 0.25) is 5.66 Å². The zero-order valence-corrected chi connectivity index (χ0v) is 22.2. The van der Waals surface area contributed by atoms with Gasteiger partial charge in [-0.05, 0) is 24.0 Å². The molecule has 2 aromatic rings. The van der Waals surface area contributed by atoms with E-state index in [4.69, 9.17) is 16.2 Å². The number of nitrogens with zero attached hydrogens (tertiary/aromatic N) is 4. The van der Waals surface area contributed by atoms with Crippen LogP contribution < -0.4 is 37.1 Å². The fourth-order valence-corrected chi connectivity index (χ4v) is 6.20. The number of nitrogens with one attached hydrogen (secondary N) is 4. The molecule has 1 fully saturated rings. The molecule has 1 aromatic heterocycles. The molecular formula is C26H33N10O4+. The number of aliphatic hydroxyl groups is 1. The van der Waals surface area contributed by atoms with E-state index in [1.807, 2.05) is 12.1 Å². The summed E-state index contributed by atoms with van der Waals surface area (Å²) >= 11 is 0. The highest BCUT2D eigenvalue weighted by molar-refractivity contribution is 5.98. The highest BCUT2D eigenvalue weighted by atomic mass is 16.5. The Bertz CT molecular complexity index is 1410. The van der Waals surface area contributed by atoms with Crippen molar-refractivity contribution in [3.05, 3.63) is 53.6 Å². The number of hydrogen-bond donors (Lipinski definition) is 7. The lowest BCUT2D eigenvalue weighted by Crippen LogP contribution is -2.88. The summed E-state index contributed by atoms with van der Waals surface area (Å²) in [7, 11) is 0. The minimum atomic E-state index is -1.20. The van der Waals surface area contributed by atoms with Crippen molar-refractivity contribution in [2.75, 3.05) is 19.7 Å². The molecule has 1 spiro atoms. The van der Waals surface area contributed by atoms with Crippen LogP contribution in [0.2, 0.25) is 0 Å². The van der Waals surface area contributed by atoms with Crippen molar-refractivity contribution in [1.29, 1.82) is 0 Å². The maximum absolute atomic E-state index is 13.5. The number of aliphatic hydroxyl groups excluding tert-OH is 1. The molecule has 9 N–H and O–H groups in total. The fraction of sp³-hybridized carbons (Fsp3) is 0.462. The Morgan fingerprint density at radius 2 is 2.10 bits per heavy atom. The standard InChI is InChI=1S/C26H32N10O4/c1-25(2)7-9-40-18-13(4-3-5-14(18)25)21(38)32-17-11-36-24(28)33-16(10-30-22(39)15-6-8-29-12-31-15)19-26(36,20(17)37)35-23(27)34-19/h3-6,8,12,16-17,19-20,37H,7,9-11H2,1-2H3,(H2,28,33)(H,30,39)(H,32,38)(H3,27,34,35)/p+1/t16-,17?,19-,20+,26?/m0/s1. The second-order valence-corrected chi connectivity index (χ2v) is 11.1. The van der Waals surface area contributed by atoms with E-state index in [2.05, 4.69) is 49.8 Å². The number of benzene rings is 1. The molecule has 0 bridgehead atoms. The third-order valence-corrected chi connectivity index (χ3v) is 8.30. The summed E-state index contributed by atoms with van der Waals surface area (Å²) in [6.07, 6.45) is 2.48. The van der Waals surface area contributed by atoms with Gasteiger partial charge in [-0.1, -0.05) is 26.0 Å². The van der Waals surface area contributed by atoms with Crippen LogP contribution in [0.5, 0.6) is 5.75 Å². The number of carbonyl (C=O) groups is 2. The molecule has 2 unspecified atom stereocenters. The third-order valence-electron chi connectivity index (χ3n) is 8.30. The summed E-state index contributed by atoms with van der Waals surface area (Å²) in [5.41, 5.74) is 12.8. The van der Waals surface area contributed by atoms with Gasteiger partial charge in [-0.2, -0.15) is 0 Å². The average Bonchev–Trinajstić information content (AvgIpc) is 3.43. The number of aromatic nitrogens is 2. The van der Waals surface area contributed by atoms with Crippen LogP contribution in [-0.2, 0) is 5.41 Å².